The zero-order chi connectivity index (χ0) is 12.8. The second kappa shape index (κ2) is 6.16. The van der Waals surface area contributed by atoms with E-state index in [0.717, 1.165) is 12.1 Å². The quantitative estimate of drug-likeness (QED) is 0.897. The van der Waals surface area contributed by atoms with Gasteiger partial charge in [-0.25, -0.2) is 4.98 Å². The van der Waals surface area contributed by atoms with Gasteiger partial charge in [-0.2, -0.15) is 4.98 Å². The second-order valence-electron chi connectivity index (χ2n) is 3.55. The third kappa shape index (κ3) is 3.30. The molecule has 94 valence electrons. The molecule has 0 radical (unpaired) electrons. The van der Waals surface area contributed by atoms with Gasteiger partial charge >= 0.3 is 6.01 Å². The van der Waals surface area contributed by atoms with E-state index in [2.05, 4.69) is 20.3 Å². The highest BCUT2D eigenvalue weighted by Crippen LogP contribution is 2.19. The molecule has 0 aliphatic carbocycles. The summed E-state index contributed by atoms with van der Waals surface area (Å²) in [5, 5.41) is 3.60. The molecule has 0 spiro atoms. The number of nitrogens with zero attached hydrogens (tertiary/aromatic N) is 3. The van der Waals surface area contributed by atoms with E-state index in [1.807, 2.05) is 18.2 Å². The van der Waals surface area contributed by atoms with Gasteiger partial charge in [-0.15, -0.1) is 0 Å². The van der Waals surface area contributed by atoms with Gasteiger partial charge in [0.25, 0.3) is 0 Å². The van der Waals surface area contributed by atoms with Crippen molar-refractivity contribution in [2.45, 2.75) is 6.42 Å². The Kier molecular flexibility index (Phi) is 4.30. The maximum Gasteiger partial charge on any atom is 0.318 e. The zero-order valence-electron chi connectivity index (χ0n) is 9.93. The van der Waals surface area contributed by atoms with Gasteiger partial charge < -0.3 is 10.1 Å². The van der Waals surface area contributed by atoms with E-state index in [9.17, 15) is 0 Å². The van der Waals surface area contributed by atoms with Crippen molar-refractivity contribution in [1.29, 1.82) is 0 Å². The molecule has 2 aromatic heterocycles. The summed E-state index contributed by atoms with van der Waals surface area (Å²) in [4.78, 5) is 12.3. The molecule has 6 heteroatoms. The van der Waals surface area contributed by atoms with Gasteiger partial charge in [0.15, 0.2) is 5.82 Å². The van der Waals surface area contributed by atoms with Crippen LogP contribution >= 0.6 is 11.6 Å². The summed E-state index contributed by atoms with van der Waals surface area (Å²) in [6, 6.07) is 6.12. The first-order valence-corrected chi connectivity index (χ1v) is 5.87. The first-order chi connectivity index (χ1) is 8.79. The van der Waals surface area contributed by atoms with Crippen molar-refractivity contribution in [2.24, 2.45) is 0 Å². The van der Waals surface area contributed by atoms with E-state index in [-0.39, 0.29) is 0 Å². The number of anilines is 1. The van der Waals surface area contributed by atoms with E-state index < -0.39 is 0 Å². The van der Waals surface area contributed by atoms with Gasteiger partial charge in [0.2, 0.25) is 0 Å². The van der Waals surface area contributed by atoms with E-state index in [0.29, 0.717) is 23.4 Å². The number of nitrogens with one attached hydrogen (secondary N) is 1. The summed E-state index contributed by atoms with van der Waals surface area (Å²) in [7, 11) is 1.51. The summed E-state index contributed by atoms with van der Waals surface area (Å²) < 4.78 is 4.94. The van der Waals surface area contributed by atoms with Crippen LogP contribution in [0.5, 0.6) is 6.01 Å². The van der Waals surface area contributed by atoms with Gasteiger partial charge in [0, 0.05) is 24.9 Å². The molecule has 2 aromatic rings. The number of methoxy groups -OCH3 is 1. The number of ether oxygens (including phenoxy) is 1. The molecular weight excluding hydrogens is 252 g/mol. The average Bonchev–Trinajstić information content (AvgIpc) is 2.42. The number of pyridine rings is 1. The third-order valence-electron chi connectivity index (χ3n) is 2.30. The molecule has 0 saturated heterocycles. The SMILES string of the molecule is COc1ncc(Cl)c(NCCc2ccccn2)n1. The predicted molar refractivity (Wildman–Crippen MR) is 70.0 cm³/mol. The number of hydrogen-bond donors (Lipinski definition) is 1. The molecule has 0 amide bonds. The maximum atomic E-state index is 5.98. The highest BCUT2D eigenvalue weighted by molar-refractivity contribution is 6.32. The second-order valence-corrected chi connectivity index (χ2v) is 3.96. The van der Waals surface area contributed by atoms with E-state index in [4.69, 9.17) is 16.3 Å². The van der Waals surface area contributed by atoms with Crippen LogP contribution in [0, 0.1) is 0 Å². The summed E-state index contributed by atoms with van der Waals surface area (Å²) in [5.74, 6) is 0.569. The maximum absolute atomic E-state index is 5.98. The van der Waals surface area contributed by atoms with Crippen molar-refractivity contribution in [3.8, 4) is 6.01 Å². The standard InChI is InChI=1S/C12H13ClN4O/c1-18-12-16-8-10(13)11(17-12)15-7-5-9-4-2-3-6-14-9/h2-4,6,8H,5,7H2,1H3,(H,15,16,17). The third-order valence-corrected chi connectivity index (χ3v) is 2.58. The van der Waals surface area contributed by atoms with E-state index in [1.54, 1.807) is 6.20 Å². The molecule has 0 aliphatic rings. The lowest BCUT2D eigenvalue weighted by atomic mass is 10.3. The molecule has 2 heterocycles. The fraction of sp³-hybridized carbons (Fsp3) is 0.250. The van der Waals surface area contributed by atoms with Crippen LogP contribution in [0.1, 0.15) is 5.69 Å². The smallest absolute Gasteiger partial charge is 0.318 e. The Morgan fingerprint density at radius 3 is 2.94 bits per heavy atom. The van der Waals surface area contributed by atoms with Gasteiger partial charge in [0.1, 0.15) is 5.02 Å². The molecule has 0 bridgehead atoms. The highest BCUT2D eigenvalue weighted by Gasteiger charge is 2.05. The summed E-state index contributed by atoms with van der Waals surface area (Å²) in [6.07, 6.45) is 4.08. The Bertz CT molecular complexity index is 507. The zero-order valence-corrected chi connectivity index (χ0v) is 10.7. The molecule has 5 nitrogen and oxygen atoms in total. The van der Waals surface area contributed by atoms with E-state index >= 15 is 0 Å². The summed E-state index contributed by atoms with van der Waals surface area (Å²) in [5.41, 5.74) is 1.02. The molecular formula is C12H13ClN4O. The van der Waals surface area contributed by atoms with Crippen molar-refractivity contribution < 1.29 is 4.74 Å². The van der Waals surface area contributed by atoms with Crippen molar-refractivity contribution in [3.05, 3.63) is 41.3 Å². The van der Waals surface area contributed by atoms with Crippen LogP contribution in [0.3, 0.4) is 0 Å². The Hall–Kier alpha value is -1.88. The minimum atomic E-state index is 0.291. The van der Waals surface area contributed by atoms with E-state index in [1.165, 1.54) is 13.3 Å². The first kappa shape index (κ1) is 12.6. The first-order valence-electron chi connectivity index (χ1n) is 5.50. The summed E-state index contributed by atoms with van der Waals surface area (Å²) >= 11 is 5.98. The normalized spacial score (nSPS) is 10.1. The average molecular weight is 265 g/mol. The van der Waals surface area contributed by atoms with Gasteiger partial charge in [0.05, 0.1) is 13.3 Å². The Labute approximate surface area is 110 Å². The lowest BCUT2D eigenvalue weighted by molar-refractivity contribution is 0.380. The molecule has 2 rings (SSSR count). The minimum Gasteiger partial charge on any atom is -0.467 e. The molecule has 1 N–H and O–H groups in total. The Morgan fingerprint density at radius 2 is 2.22 bits per heavy atom. The molecule has 0 saturated carbocycles. The topological polar surface area (TPSA) is 59.9 Å². The minimum absolute atomic E-state index is 0.291. The van der Waals surface area contributed by atoms with Crippen LogP contribution in [0.15, 0.2) is 30.6 Å². The number of hydrogen-bond acceptors (Lipinski definition) is 5. The molecule has 0 atom stereocenters. The lowest BCUT2D eigenvalue weighted by Gasteiger charge is -2.07. The number of aromatic nitrogens is 3. The molecule has 0 aliphatic heterocycles. The van der Waals surface area contributed by atoms with Crippen LogP contribution in [0.2, 0.25) is 5.02 Å². The van der Waals surface area contributed by atoms with Crippen molar-refractivity contribution >= 4 is 17.4 Å². The number of rotatable bonds is 5. The fourth-order valence-corrected chi connectivity index (χ4v) is 1.59. The molecule has 0 unspecified atom stereocenters. The number of halogens is 1. The van der Waals surface area contributed by atoms with Crippen LogP contribution in [-0.4, -0.2) is 28.6 Å². The molecule has 0 fully saturated rings. The van der Waals surface area contributed by atoms with Crippen LogP contribution in [0.25, 0.3) is 0 Å². The molecule has 0 aromatic carbocycles. The lowest BCUT2D eigenvalue weighted by Crippen LogP contribution is -2.08. The van der Waals surface area contributed by atoms with Crippen LogP contribution in [0.4, 0.5) is 5.82 Å². The monoisotopic (exact) mass is 264 g/mol. The summed E-state index contributed by atoms with van der Waals surface area (Å²) in [6.45, 7) is 0.691. The van der Waals surface area contributed by atoms with Crippen molar-refractivity contribution in [3.63, 3.8) is 0 Å². The van der Waals surface area contributed by atoms with Gasteiger partial charge in [-0.1, -0.05) is 17.7 Å². The Morgan fingerprint density at radius 1 is 1.33 bits per heavy atom. The predicted octanol–water partition coefficient (Wildman–Crippen LogP) is 2.19. The van der Waals surface area contributed by atoms with Crippen molar-refractivity contribution in [1.82, 2.24) is 15.0 Å². The van der Waals surface area contributed by atoms with Crippen molar-refractivity contribution in [2.75, 3.05) is 19.0 Å². The van der Waals surface area contributed by atoms with Gasteiger partial charge in [-0.05, 0) is 12.1 Å². The molecule has 18 heavy (non-hydrogen) atoms. The highest BCUT2D eigenvalue weighted by atomic mass is 35.5. The van der Waals surface area contributed by atoms with Crippen LogP contribution < -0.4 is 10.1 Å². The Balaban J connectivity index is 1.94. The van der Waals surface area contributed by atoms with Crippen LogP contribution in [-0.2, 0) is 6.42 Å². The van der Waals surface area contributed by atoms with Gasteiger partial charge in [-0.3, -0.25) is 4.98 Å². The fourth-order valence-electron chi connectivity index (χ4n) is 1.43. The largest absolute Gasteiger partial charge is 0.467 e.